The molecule has 0 saturated carbocycles. The Morgan fingerprint density at radius 1 is 1.10 bits per heavy atom. The predicted molar refractivity (Wildman–Crippen MR) is 63.6 cm³/mol. The molecule has 0 unspecified atom stereocenters. The zero-order chi connectivity index (χ0) is 15.6. The van der Waals surface area contributed by atoms with Gasteiger partial charge in [-0.25, -0.2) is 0 Å². The number of hydrogen-bond acceptors (Lipinski definition) is 2. The fourth-order valence-electron chi connectivity index (χ4n) is 1.33. The number of amides is 1. The van der Waals surface area contributed by atoms with Crippen LogP contribution in [0, 0.1) is 0 Å². The summed E-state index contributed by atoms with van der Waals surface area (Å²) in [6.07, 6.45) is -5.90. The first-order valence-corrected chi connectivity index (χ1v) is 5.55. The molecule has 0 atom stereocenters. The fourth-order valence-corrected chi connectivity index (χ4v) is 1.33. The lowest BCUT2D eigenvalue weighted by Gasteiger charge is -2.18. The van der Waals surface area contributed by atoms with Crippen molar-refractivity contribution in [2.45, 2.75) is 18.6 Å². The first-order chi connectivity index (χ1) is 9.05. The molecular weight excluding hydrogens is 283 g/mol. The number of benzene rings is 1. The summed E-state index contributed by atoms with van der Waals surface area (Å²) in [4.78, 5) is 12.7. The molecular formula is C12H13F5N2O. The summed E-state index contributed by atoms with van der Waals surface area (Å²) in [5.41, 5.74) is 1.25. The highest BCUT2D eigenvalue weighted by Crippen LogP contribution is 2.35. The minimum absolute atomic E-state index is 0.405. The van der Waals surface area contributed by atoms with Crippen molar-refractivity contribution in [1.29, 1.82) is 0 Å². The van der Waals surface area contributed by atoms with E-state index >= 15 is 0 Å². The van der Waals surface area contributed by atoms with E-state index in [1.54, 1.807) is 36.4 Å². The van der Waals surface area contributed by atoms with E-state index in [-0.39, 0.29) is 0 Å². The van der Waals surface area contributed by atoms with Gasteiger partial charge in [0.25, 0.3) is 0 Å². The second kappa shape index (κ2) is 5.64. The number of anilines is 1. The van der Waals surface area contributed by atoms with Crippen molar-refractivity contribution in [3.63, 3.8) is 0 Å². The largest absolute Gasteiger partial charge is 0.463 e. The van der Waals surface area contributed by atoms with Crippen LogP contribution in [0.1, 0.15) is 5.56 Å². The Hall–Kier alpha value is -1.86. The maximum absolute atomic E-state index is 12.7. The van der Waals surface area contributed by atoms with Crippen molar-refractivity contribution >= 4 is 11.6 Å². The molecule has 0 saturated heterocycles. The molecule has 1 aromatic carbocycles. The topological polar surface area (TPSA) is 32.3 Å². The highest BCUT2D eigenvalue weighted by molar-refractivity contribution is 5.84. The van der Waals surface area contributed by atoms with Crippen LogP contribution in [-0.2, 0) is 11.3 Å². The van der Waals surface area contributed by atoms with Gasteiger partial charge in [-0.15, -0.1) is 0 Å². The molecule has 8 heteroatoms. The SMILES string of the molecule is CN(C)c1ccc(CNC(=O)C(F)(F)C(F)(F)F)cc1. The van der Waals surface area contributed by atoms with Crippen LogP contribution in [0.3, 0.4) is 0 Å². The molecule has 1 N–H and O–H groups in total. The van der Waals surface area contributed by atoms with Gasteiger partial charge in [0.2, 0.25) is 0 Å². The molecule has 20 heavy (non-hydrogen) atoms. The van der Waals surface area contributed by atoms with Crippen molar-refractivity contribution < 1.29 is 26.7 Å². The van der Waals surface area contributed by atoms with Gasteiger partial charge in [-0.2, -0.15) is 22.0 Å². The summed E-state index contributed by atoms with van der Waals surface area (Å²) in [6.45, 7) is -0.405. The van der Waals surface area contributed by atoms with E-state index in [2.05, 4.69) is 0 Å². The lowest BCUT2D eigenvalue weighted by Crippen LogP contribution is -2.50. The van der Waals surface area contributed by atoms with Crippen molar-refractivity contribution in [1.82, 2.24) is 5.32 Å². The molecule has 1 amide bonds. The van der Waals surface area contributed by atoms with Gasteiger partial charge in [-0.1, -0.05) is 12.1 Å². The van der Waals surface area contributed by atoms with E-state index in [0.717, 1.165) is 5.69 Å². The number of rotatable bonds is 4. The number of carbonyl (C=O) groups is 1. The van der Waals surface area contributed by atoms with Gasteiger partial charge >= 0.3 is 18.0 Å². The molecule has 0 fully saturated rings. The van der Waals surface area contributed by atoms with E-state index in [1.165, 1.54) is 12.1 Å². The van der Waals surface area contributed by atoms with E-state index in [1.807, 2.05) is 0 Å². The van der Waals surface area contributed by atoms with E-state index in [0.29, 0.717) is 5.56 Å². The van der Waals surface area contributed by atoms with E-state index < -0.39 is 24.6 Å². The van der Waals surface area contributed by atoms with Crippen LogP contribution < -0.4 is 10.2 Å². The summed E-state index contributed by atoms with van der Waals surface area (Å²) < 4.78 is 61.1. The third-order valence-electron chi connectivity index (χ3n) is 2.55. The summed E-state index contributed by atoms with van der Waals surface area (Å²) >= 11 is 0. The third kappa shape index (κ3) is 3.58. The quantitative estimate of drug-likeness (QED) is 0.866. The Bertz CT molecular complexity index is 468. The van der Waals surface area contributed by atoms with Gasteiger partial charge in [-0.3, -0.25) is 4.79 Å². The smallest absolute Gasteiger partial charge is 0.378 e. The standard InChI is InChI=1S/C12H13F5N2O/c1-19(2)9-5-3-8(4-6-9)7-18-10(20)11(13,14)12(15,16)17/h3-6H,7H2,1-2H3,(H,18,20). The van der Waals surface area contributed by atoms with E-state index in [4.69, 9.17) is 0 Å². The number of nitrogens with one attached hydrogen (secondary N) is 1. The fraction of sp³-hybridized carbons (Fsp3) is 0.417. The first-order valence-electron chi connectivity index (χ1n) is 5.55. The normalized spacial score (nSPS) is 12.2. The van der Waals surface area contributed by atoms with Crippen molar-refractivity contribution in [3.05, 3.63) is 29.8 Å². The van der Waals surface area contributed by atoms with Crippen molar-refractivity contribution in [2.24, 2.45) is 0 Å². The molecule has 1 rings (SSSR count). The Labute approximate surface area is 112 Å². The first kappa shape index (κ1) is 16.2. The lowest BCUT2D eigenvalue weighted by atomic mass is 10.2. The second-order valence-electron chi connectivity index (χ2n) is 4.32. The van der Waals surface area contributed by atoms with Crippen molar-refractivity contribution in [2.75, 3.05) is 19.0 Å². The minimum Gasteiger partial charge on any atom is -0.378 e. The molecule has 1 aromatic rings. The molecule has 3 nitrogen and oxygen atoms in total. The van der Waals surface area contributed by atoms with Crippen LogP contribution in [0.4, 0.5) is 27.6 Å². The summed E-state index contributed by atoms with van der Waals surface area (Å²) in [7, 11) is 3.58. The number of nitrogens with zero attached hydrogens (tertiary/aromatic N) is 1. The average Bonchev–Trinajstić information content (AvgIpc) is 2.34. The van der Waals surface area contributed by atoms with Crippen LogP contribution in [0.15, 0.2) is 24.3 Å². The molecule has 0 heterocycles. The van der Waals surface area contributed by atoms with Crippen LogP contribution in [-0.4, -0.2) is 32.1 Å². The molecule has 0 spiro atoms. The van der Waals surface area contributed by atoms with Crippen LogP contribution >= 0.6 is 0 Å². The van der Waals surface area contributed by atoms with Crippen LogP contribution in [0.25, 0.3) is 0 Å². The number of hydrogen-bond donors (Lipinski definition) is 1. The highest BCUT2D eigenvalue weighted by Gasteiger charge is 2.63. The zero-order valence-corrected chi connectivity index (χ0v) is 10.8. The van der Waals surface area contributed by atoms with Gasteiger partial charge in [0.05, 0.1) is 0 Å². The van der Waals surface area contributed by atoms with Gasteiger partial charge in [0, 0.05) is 26.3 Å². The molecule has 0 bridgehead atoms. The number of carbonyl (C=O) groups excluding carboxylic acids is 1. The maximum atomic E-state index is 12.7. The van der Waals surface area contributed by atoms with Gasteiger partial charge in [-0.05, 0) is 17.7 Å². The Morgan fingerprint density at radius 3 is 2.00 bits per heavy atom. The number of alkyl halides is 5. The molecule has 0 radical (unpaired) electrons. The molecule has 0 aliphatic heterocycles. The maximum Gasteiger partial charge on any atom is 0.463 e. The Morgan fingerprint density at radius 2 is 1.60 bits per heavy atom. The molecule has 0 aliphatic carbocycles. The van der Waals surface area contributed by atoms with Gasteiger partial charge in [0.15, 0.2) is 0 Å². The summed E-state index contributed by atoms with van der Waals surface area (Å²) in [6, 6.07) is 6.37. The molecule has 112 valence electrons. The van der Waals surface area contributed by atoms with Gasteiger partial charge < -0.3 is 10.2 Å². The third-order valence-corrected chi connectivity index (χ3v) is 2.55. The van der Waals surface area contributed by atoms with Crippen LogP contribution in [0.2, 0.25) is 0 Å². The second-order valence-corrected chi connectivity index (χ2v) is 4.32. The average molecular weight is 296 g/mol. The monoisotopic (exact) mass is 296 g/mol. The molecule has 0 aromatic heterocycles. The zero-order valence-electron chi connectivity index (χ0n) is 10.8. The predicted octanol–water partition coefficient (Wildman–Crippen LogP) is 2.57. The summed E-state index contributed by atoms with van der Waals surface area (Å²) in [5, 5.41) is 1.57. The summed E-state index contributed by atoms with van der Waals surface area (Å²) in [5.74, 6) is -7.75. The highest BCUT2D eigenvalue weighted by atomic mass is 19.4. The Kier molecular flexibility index (Phi) is 4.57. The lowest BCUT2D eigenvalue weighted by molar-refractivity contribution is -0.269. The van der Waals surface area contributed by atoms with E-state index in [9.17, 15) is 26.7 Å². The van der Waals surface area contributed by atoms with Gasteiger partial charge in [0.1, 0.15) is 0 Å². The number of halogens is 5. The van der Waals surface area contributed by atoms with Crippen LogP contribution in [0.5, 0.6) is 0 Å². The Balaban J connectivity index is 2.66. The van der Waals surface area contributed by atoms with Crippen molar-refractivity contribution in [3.8, 4) is 0 Å². The molecule has 0 aliphatic rings. The minimum atomic E-state index is -5.90.